The Hall–Kier alpha value is -2.89. The minimum absolute atomic E-state index is 0.0470. The fraction of sp³-hybridized carbons (Fsp3) is 0.308. The summed E-state index contributed by atoms with van der Waals surface area (Å²) in [6, 6.07) is 21.3. The third-order valence-electron chi connectivity index (χ3n) is 6.06. The van der Waals surface area contributed by atoms with E-state index < -0.39 is 0 Å². The van der Waals surface area contributed by atoms with Crippen LogP contribution < -0.4 is 10.6 Å². The third kappa shape index (κ3) is 5.87. The highest BCUT2D eigenvalue weighted by molar-refractivity contribution is 6.30. The predicted octanol–water partition coefficient (Wildman–Crippen LogP) is 4.25. The molecule has 3 aromatic rings. The highest BCUT2D eigenvalue weighted by Crippen LogP contribution is 2.18. The molecule has 2 N–H and O–H groups in total. The molecule has 0 radical (unpaired) electrons. The van der Waals surface area contributed by atoms with E-state index in [1.54, 1.807) is 0 Å². The van der Waals surface area contributed by atoms with Gasteiger partial charge in [0, 0.05) is 36.1 Å². The van der Waals surface area contributed by atoms with Gasteiger partial charge in [-0.25, -0.2) is 0 Å². The van der Waals surface area contributed by atoms with Gasteiger partial charge in [-0.3, -0.25) is 9.59 Å². The first-order chi connectivity index (χ1) is 15.6. The Morgan fingerprint density at radius 2 is 1.62 bits per heavy atom. The number of nitrogens with zero attached hydrogens (tertiary/aromatic N) is 1. The van der Waals surface area contributed by atoms with Gasteiger partial charge in [0.1, 0.15) is 0 Å². The number of fused-ring (bicyclic) bond motifs is 1. The quantitative estimate of drug-likeness (QED) is 0.566. The predicted molar refractivity (Wildman–Crippen MR) is 129 cm³/mol. The second-order valence-corrected chi connectivity index (χ2v) is 8.71. The second kappa shape index (κ2) is 10.6. The summed E-state index contributed by atoms with van der Waals surface area (Å²) in [5, 5.41) is 8.94. The van der Waals surface area contributed by atoms with Gasteiger partial charge in [-0.1, -0.05) is 54.1 Å². The molecule has 0 aliphatic carbocycles. The number of carbonyl (C=O) groups excluding carboxylic acids is 2. The van der Waals surface area contributed by atoms with E-state index in [0.717, 1.165) is 48.8 Å². The molecule has 2 amide bonds. The largest absolute Gasteiger partial charge is 0.352 e. The van der Waals surface area contributed by atoms with Crippen molar-refractivity contribution < 1.29 is 9.59 Å². The Balaban J connectivity index is 1.16. The van der Waals surface area contributed by atoms with E-state index in [2.05, 4.69) is 15.5 Å². The van der Waals surface area contributed by atoms with Gasteiger partial charge in [-0.15, -0.1) is 0 Å². The van der Waals surface area contributed by atoms with Crippen LogP contribution >= 0.6 is 11.6 Å². The molecule has 5 nitrogen and oxygen atoms in total. The number of hydrogen-bond donors (Lipinski definition) is 2. The molecule has 1 aliphatic rings. The third-order valence-corrected chi connectivity index (χ3v) is 6.32. The molecule has 0 unspecified atom stereocenters. The lowest BCUT2D eigenvalue weighted by atomic mass is 9.96. The lowest BCUT2D eigenvalue weighted by Crippen LogP contribution is -2.43. The molecule has 1 saturated heterocycles. The number of nitrogens with one attached hydrogen (secondary N) is 2. The van der Waals surface area contributed by atoms with Crippen LogP contribution in [0.3, 0.4) is 0 Å². The van der Waals surface area contributed by atoms with Crippen molar-refractivity contribution in [3.8, 4) is 0 Å². The first-order valence-electron chi connectivity index (χ1n) is 11.1. The van der Waals surface area contributed by atoms with E-state index in [1.807, 2.05) is 66.7 Å². The van der Waals surface area contributed by atoms with E-state index >= 15 is 0 Å². The van der Waals surface area contributed by atoms with Crippen molar-refractivity contribution in [2.24, 2.45) is 5.92 Å². The van der Waals surface area contributed by atoms with E-state index in [4.69, 9.17) is 11.6 Å². The van der Waals surface area contributed by atoms with Crippen molar-refractivity contribution in [1.29, 1.82) is 0 Å². The van der Waals surface area contributed by atoms with Gasteiger partial charge in [0.25, 0.3) is 5.91 Å². The fourth-order valence-electron chi connectivity index (χ4n) is 4.11. The number of amides is 2. The Kier molecular flexibility index (Phi) is 7.40. The van der Waals surface area contributed by atoms with Gasteiger partial charge in [0.2, 0.25) is 5.91 Å². The summed E-state index contributed by atoms with van der Waals surface area (Å²) in [7, 11) is 0. The van der Waals surface area contributed by atoms with Crippen LogP contribution in [0.2, 0.25) is 5.02 Å². The molecule has 4 rings (SSSR count). The Morgan fingerprint density at radius 1 is 0.906 bits per heavy atom. The second-order valence-electron chi connectivity index (χ2n) is 8.28. The summed E-state index contributed by atoms with van der Waals surface area (Å²) in [6.07, 6.45) is 1.68. The van der Waals surface area contributed by atoms with Crippen LogP contribution in [-0.4, -0.2) is 42.9 Å². The van der Waals surface area contributed by atoms with Crippen LogP contribution in [0.1, 0.15) is 28.8 Å². The van der Waals surface area contributed by atoms with Crippen molar-refractivity contribution in [3.05, 3.63) is 82.9 Å². The highest BCUT2D eigenvalue weighted by Gasteiger charge is 2.24. The van der Waals surface area contributed by atoms with E-state index in [1.165, 1.54) is 0 Å². The average molecular weight is 450 g/mol. The first kappa shape index (κ1) is 22.3. The lowest BCUT2D eigenvalue weighted by molar-refractivity contribution is -0.126. The Labute approximate surface area is 193 Å². The number of carbonyl (C=O) groups is 2. The van der Waals surface area contributed by atoms with Crippen LogP contribution in [0.5, 0.6) is 0 Å². The minimum atomic E-state index is -0.0489. The average Bonchev–Trinajstić information content (AvgIpc) is 2.83. The van der Waals surface area contributed by atoms with E-state index in [9.17, 15) is 9.59 Å². The number of piperidine rings is 1. The van der Waals surface area contributed by atoms with Crippen LogP contribution in [-0.2, 0) is 11.3 Å². The van der Waals surface area contributed by atoms with Crippen LogP contribution in [0.15, 0.2) is 66.7 Å². The molecule has 166 valence electrons. The van der Waals surface area contributed by atoms with Gasteiger partial charge >= 0.3 is 0 Å². The molecule has 1 aliphatic heterocycles. The zero-order valence-electron chi connectivity index (χ0n) is 18.0. The molecule has 6 heteroatoms. The maximum atomic E-state index is 12.5. The van der Waals surface area contributed by atoms with Crippen molar-refractivity contribution in [1.82, 2.24) is 15.5 Å². The van der Waals surface area contributed by atoms with Crippen LogP contribution in [0.25, 0.3) is 10.8 Å². The summed E-state index contributed by atoms with van der Waals surface area (Å²) in [5.74, 6) is 0.113. The summed E-state index contributed by atoms with van der Waals surface area (Å²) >= 11 is 5.90. The maximum absolute atomic E-state index is 12.5. The van der Waals surface area contributed by atoms with Crippen molar-refractivity contribution in [3.63, 3.8) is 0 Å². The van der Waals surface area contributed by atoms with Gasteiger partial charge in [-0.2, -0.15) is 0 Å². The van der Waals surface area contributed by atoms with Gasteiger partial charge < -0.3 is 15.5 Å². The standard InChI is InChI=1S/C26H28ClN3O2/c27-24-9-5-19(6-10-24)18-29-25(31)21-11-14-30(15-12-21)16-13-28-26(32)23-8-7-20-3-1-2-4-22(20)17-23/h1-10,17,21H,11-16,18H2,(H,28,32)(H,29,31). The summed E-state index contributed by atoms with van der Waals surface area (Å²) in [5.41, 5.74) is 1.72. The maximum Gasteiger partial charge on any atom is 0.251 e. The minimum Gasteiger partial charge on any atom is -0.352 e. The zero-order valence-corrected chi connectivity index (χ0v) is 18.8. The molecule has 0 spiro atoms. The van der Waals surface area contributed by atoms with Crippen LogP contribution in [0.4, 0.5) is 0 Å². The monoisotopic (exact) mass is 449 g/mol. The first-order valence-corrected chi connectivity index (χ1v) is 11.5. The smallest absolute Gasteiger partial charge is 0.251 e. The Bertz CT molecular complexity index is 1080. The molecular weight excluding hydrogens is 422 g/mol. The molecule has 3 aromatic carbocycles. The molecule has 1 heterocycles. The summed E-state index contributed by atoms with van der Waals surface area (Å²) < 4.78 is 0. The van der Waals surface area contributed by atoms with Crippen molar-refractivity contribution >= 4 is 34.2 Å². The van der Waals surface area contributed by atoms with Gasteiger partial charge in [0.15, 0.2) is 0 Å². The summed E-state index contributed by atoms with van der Waals surface area (Å²) in [4.78, 5) is 27.3. The van der Waals surface area contributed by atoms with Gasteiger partial charge in [-0.05, 0) is 66.5 Å². The van der Waals surface area contributed by atoms with Crippen LogP contribution in [0, 0.1) is 5.92 Å². The molecule has 32 heavy (non-hydrogen) atoms. The van der Waals surface area contributed by atoms with E-state index in [0.29, 0.717) is 23.7 Å². The SMILES string of the molecule is O=C(NCCN1CCC(C(=O)NCc2ccc(Cl)cc2)CC1)c1ccc2ccccc2c1. The molecular formula is C26H28ClN3O2. The normalized spacial score (nSPS) is 14.9. The molecule has 0 atom stereocenters. The Morgan fingerprint density at radius 3 is 2.38 bits per heavy atom. The van der Waals surface area contributed by atoms with Crippen molar-refractivity contribution in [2.75, 3.05) is 26.2 Å². The molecule has 0 bridgehead atoms. The molecule has 0 saturated carbocycles. The highest BCUT2D eigenvalue weighted by atomic mass is 35.5. The summed E-state index contributed by atoms with van der Waals surface area (Å²) in [6.45, 7) is 3.64. The van der Waals surface area contributed by atoms with Gasteiger partial charge in [0.05, 0.1) is 0 Å². The number of halogens is 1. The molecule has 0 aromatic heterocycles. The number of rotatable bonds is 7. The number of benzene rings is 3. The topological polar surface area (TPSA) is 61.4 Å². The number of likely N-dealkylation sites (tertiary alicyclic amines) is 1. The number of hydrogen-bond acceptors (Lipinski definition) is 3. The van der Waals surface area contributed by atoms with Crippen molar-refractivity contribution in [2.45, 2.75) is 19.4 Å². The zero-order chi connectivity index (χ0) is 22.3. The van der Waals surface area contributed by atoms with E-state index in [-0.39, 0.29) is 17.7 Å². The molecule has 1 fully saturated rings. The fourth-order valence-corrected chi connectivity index (χ4v) is 4.24. The lowest BCUT2D eigenvalue weighted by Gasteiger charge is -2.31.